The largest absolute Gasteiger partial charge is 0.419 e. The van der Waals surface area contributed by atoms with Gasteiger partial charge in [-0.15, -0.1) is 0 Å². The number of rotatable bonds is 5. The summed E-state index contributed by atoms with van der Waals surface area (Å²) in [6.07, 6.45) is 3.54. The lowest BCUT2D eigenvalue weighted by atomic mass is 10.1. The molecule has 1 fully saturated rings. The molecule has 1 atom stereocenters. The van der Waals surface area contributed by atoms with E-state index in [-0.39, 0.29) is 24.1 Å². The number of nitrogens with one attached hydrogen (secondary N) is 1. The van der Waals surface area contributed by atoms with Crippen molar-refractivity contribution in [2.45, 2.75) is 25.3 Å². The Bertz CT molecular complexity index is 774. The number of oxazole rings is 1. The van der Waals surface area contributed by atoms with Crippen LogP contribution in [0.5, 0.6) is 0 Å². The lowest BCUT2D eigenvalue weighted by Crippen LogP contribution is -2.47. The average Bonchev–Trinajstić information content (AvgIpc) is 2.89. The van der Waals surface area contributed by atoms with Gasteiger partial charge in [0.1, 0.15) is 0 Å². The van der Waals surface area contributed by atoms with Crippen LogP contribution < -0.4 is 11.1 Å². The molecule has 130 valence electrons. The van der Waals surface area contributed by atoms with E-state index in [1.807, 2.05) is 0 Å². The summed E-state index contributed by atoms with van der Waals surface area (Å²) in [6, 6.07) is 4.72. The second-order valence-corrected chi connectivity index (χ2v) is 6.30. The van der Waals surface area contributed by atoms with Crippen LogP contribution in [-0.2, 0) is 7.05 Å². The maximum Gasteiger partial charge on any atom is 0.419 e. The predicted octanol–water partition coefficient (Wildman–Crippen LogP) is 0.708. The number of carbonyl (C=O) groups is 1. The number of piperidine rings is 1. The highest BCUT2D eigenvalue weighted by Gasteiger charge is 2.21. The number of hydrogen-bond donors (Lipinski definition) is 2. The summed E-state index contributed by atoms with van der Waals surface area (Å²) in [5.74, 6) is -0.844. The average molecular weight is 333 g/mol. The number of aliphatic hydroxyl groups excluding tert-OH is 1. The number of aliphatic hydroxyl groups is 1. The minimum atomic E-state index is -0.503. The summed E-state index contributed by atoms with van der Waals surface area (Å²) >= 11 is 0. The molecule has 1 aliphatic rings. The van der Waals surface area contributed by atoms with Crippen molar-refractivity contribution < 1.29 is 14.3 Å². The fourth-order valence-electron chi connectivity index (χ4n) is 3.19. The van der Waals surface area contributed by atoms with Crippen LogP contribution in [0.2, 0.25) is 0 Å². The Morgan fingerprint density at radius 2 is 2.08 bits per heavy atom. The quantitative estimate of drug-likeness (QED) is 0.841. The molecular weight excluding hydrogens is 310 g/mol. The van der Waals surface area contributed by atoms with Gasteiger partial charge in [0.25, 0.3) is 5.91 Å². The van der Waals surface area contributed by atoms with Crippen LogP contribution in [0.4, 0.5) is 0 Å². The van der Waals surface area contributed by atoms with Crippen LogP contribution >= 0.6 is 0 Å². The van der Waals surface area contributed by atoms with Gasteiger partial charge in [-0.1, -0.05) is 12.5 Å². The van der Waals surface area contributed by atoms with E-state index in [2.05, 4.69) is 10.2 Å². The first-order valence-corrected chi connectivity index (χ1v) is 8.33. The van der Waals surface area contributed by atoms with Gasteiger partial charge >= 0.3 is 5.76 Å². The minimum absolute atomic E-state index is 0.128. The standard InChI is InChI=1S/C17H23N3O4/c1-19-14-7-5-6-13(15(14)24-17(19)23)16(22)18-12(11-21)10-20-8-3-2-4-9-20/h5-7,12,21H,2-4,8-11H2,1H3,(H,18,22). The maximum absolute atomic E-state index is 12.6. The summed E-state index contributed by atoms with van der Waals surface area (Å²) in [5.41, 5.74) is 1.16. The van der Waals surface area contributed by atoms with Crippen LogP contribution in [0.3, 0.4) is 0 Å². The van der Waals surface area contributed by atoms with E-state index in [1.54, 1.807) is 25.2 Å². The van der Waals surface area contributed by atoms with Gasteiger partial charge in [0, 0.05) is 13.6 Å². The van der Waals surface area contributed by atoms with Gasteiger partial charge in [0.2, 0.25) is 0 Å². The first kappa shape index (κ1) is 16.7. The molecule has 1 aromatic carbocycles. The molecule has 0 radical (unpaired) electrons. The zero-order chi connectivity index (χ0) is 17.1. The molecule has 7 heteroatoms. The highest BCUT2D eigenvalue weighted by Crippen LogP contribution is 2.17. The second-order valence-electron chi connectivity index (χ2n) is 6.30. The molecule has 2 N–H and O–H groups in total. The number of aryl methyl sites for hydroxylation is 1. The van der Waals surface area contributed by atoms with Crippen molar-refractivity contribution >= 4 is 17.0 Å². The van der Waals surface area contributed by atoms with Gasteiger partial charge in [-0.2, -0.15) is 0 Å². The number of carbonyl (C=O) groups excluding carboxylic acids is 1. The number of likely N-dealkylation sites (tertiary alicyclic amines) is 1. The summed E-state index contributed by atoms with van der Waals surface area (Å²) < 4.78 is 6.55. The molecule has 2 aromatic rings. The lowest BCUT2D eigenvalue weighted by molar-refractivity contribution is 0.0887. The van der Waals surface area contributed by atoms with Crippen molar-refractivity contribution in [1.82, 2.24) is 14.8 Å². The Hall–Kier alpha value is -2.12. The van der Waals surface area contributed by atoms with E-state index in [1.165, 1.54) is 11.0 Å². The Morgan fingerprint density at radius 3 is 2.79 bits per heavy atom. The van der Waals surface area contributed by atoms with Crippen molar-refractivity contribution in [2.24, 2.45) is 7.05 Å². The van der Waals surface area contributed by atoms with Crippen molar-refractivity contribution in [3.8, 4) is 0 Å². The van der Waals surface area contributed by atoms with E-state index in [4.69, 9.17) is 4.42 Å². The van der Waals surface area contributed by atoms with E-state index >= 15 is 0 Å². The van der Waals surface area contributed by atoms with Crippen LogP contribution in [0.25, 0.3) is 11.1 Å². The first-order valence-electron chi connectivity index (χ1n) is 8.33. The van der Waals surface area contributed by atoms with Crippen LogP contribution in [-0.4, -0.2) is 52.8 Å². The van der Waals surface area contributed by atoms with Gasteiger partial charge in [-0.3, -0.25) is 9.36 Å². The Labute approximate surface area is 139 Å². The Morgan fingerprint density at radius 1 is 1.33 bits per heavy atom. The molecule has 7 nitrogen and oxygen atoms in total. The van der Waals surface area contributed by atoms with Crippen molar-refractivity contribution in [2.75, 3.05) is 26.2 Å². The predicted molar refractivity (Wildman–Crippen MR) is 90.1 cm³/mol. The molecule has 0 saturated carbocycles. The molecule has 0 bridgehead atoms. The molecule has 1 saturated heterocycles. The molecule has 1 amide bonds. The number of hydrogen-bond acceptors (Lipinski definition) is 5. The van der Waals surface area contributed by atoms with E-state index in [0.29, 0.717) is 17.6 Å². The van der Waals surface area contributed by atoms with Crippen molar-refractivity contribution in [3.63, 3.8) is 0 Å². The highest BCUT2D eigenvalue weighted by molar-refractivity contribution is 6.04. The fraction of sp³-hybridized carbons (Fsp3) is 0.529. The number of para-hydroxylation sites is 1. The first-order chi connectivity index (χ1) is 11.6. The minimum Gasteiger partial charge on any atom is -0.407 e. The molecule has 1 unspecified atom stereocenters. The van der Waals surface area contributed by atoms with Crippen molar-refractivity contribution in [3.05, 3.63) is 34.3 Å². The fourth-order valence-corrected chi connectivity index (χ4v) is 3.19. The molecule has 3 rings (SSSR count). The van der Waals surface area contributed by atoms with Gasteiger partial charge in [0.05, 0.1) is 23.7 Å². The van der Waals surface area contributed by atoms with E-state index < -0.39 is 5.76 Å². The SMILES string of the molecule is Cn1c(=O)oc2c(C(=O)NC(CO)CN3CCCCC3)cccc21. The molecular formula is C17H23N3O4. The normalized spacial score (nSPS) is 17.1. The molecule has 0 aliphatic carbocycles. The van der Waals surface area contributed by atoms with Crippen LogP contribution in [0, 0.1) is 0 Å². The molecule has 2 heterocycles. The number of fused-ring (bicyclic) bond motifs is 1. The van der Waals surface area contributed by atoms with Gasteiger partial charge in [0.15, 0.2) is 5.58 Å². The van der Waals surface area contributed by atoms with Crippen LogP contribution in [0.1, 0.15) is 29.6 Å². The highest BCUT2D eigenvalue weighted by atomic mass is 16.4. The summed E-state index contributed by atoms with van der Waals surface area (Å²) in [7, 11) is 1.60. The zero-order valence-electron chi connectivity index (χ0n) is 13.8. The number of amides is 1. The lowest BCUT2D eigenvalue weighted by Gasteiger charge is -2.30. The smallest absolute Gasteiger partial charge is 0.407 e. The molecule has 0 spiro atoms. The topological polar surface area (TPSA) is 87.7 Å². The Kier molecular flexibility index (Phi) is 5.01. The van der Waals surface area contributed by atoms with Gasteiger partial charge in [-0.05, 0) is 38.1 Å². The number of aromatic nitrogens is 1. The third-order valence-electron chi connectivity index (χ3n) is 4.55. The number of nitrogens with zero attached hydrogens (tertiary/aromatic N) is 2. The monoisotopic (exact) mass is 333 g/mol. The summed E-state index contributed by atoms with van der Waals surface area (Å²) in [5, 5.41) is 12.4. The maximum atomic E-state index is 12.6. The second kappa shape index (κ2) is 7.19. The molecule has 1 aromatic heterocycles. The Balaban J connectivity index is 1.76. The summed E-state index contributed by atoms with van der Waals surface area (Å²) in [6.45, 7) is 2.49. The third kappa shape index (κ3) is 3.37. The van der Waals surface area contributed by atoms with E-state index in [9.17, 15) is 14.7 Å². The van der Waals surface area contributed by atoms with E-state index in [0.717, 1.165) is 25.9 Å². The summed E-state index contributed by atoms with van der Waals surface area (Å²) in [4.78, 5) is 26.5. The molecule has 24 heavy (non-hydrogen) atoms. The third-order valence-corrected chi connectivity index (χ3v) is 4.55. The van der Waals surface area contributed by atoms with Crippen LogP contribution in [0.15, 0.2) is 27.4 Å². The van der Waals surface area contributed by atoms with Crippen molar-refractivity contribution in [1.29, 1.82) is 0 Å². The zero-order valence-corrected chi connectivity index (χ0v) is 13.8. The van der Waals surface area contributed by atoms with Gasteiger partial charge in [-0.25, -0.2) is 4.79 Å². The molecule has 1 aliphatic heterocycles. The van der Waals surface area contributed by atoms with Gasteiger partial charge < -0.3 is 19.7 Å². The number of benzene rings is 1.